The molecule has 2 heteroatoms. The van der Waals surface area contributed by atoms with Crippen molar-refractivity contribution in [1.82, 2.24) is 0 Å². The van der Waals surface area contributed by atoms with E-state index >= 15 is 0 Å². The first kappa shape index (κ1) is 20.9. The van der Waals surface area contributed by atoms with Crippen molar-refractivity contribution in [3.63, 3.8) is 0 Å². The van der Waals surface area contributed by atoms with Crippen molar-refractivity contribution >= 4 is 28.2 Å². The van der Waals surface area contributed by atoms with Gasteiger partial charge in [-0.3, -0.25) is 0 Å². The minimum atomic E-state index is 0.000101. The molecular formula is C28H27IO. The van der Waals surface area contributed by atoms with Crippen molar-refractivity contribution in [3.05, 3.63) is 119 Å². The molecule has 0 bridgehead atoms. The fraction of sp³-hybridized carbons (Fsp3) is 0.214. The molecule has 3 aromatic carbocycles. The molecule has 152 valence electrons. The van der Waals surface area contributed by atoms with Crippen LogP contribution in [-0.2, 0) is 0 Å². The minimum absolute atomic E-state index is 0.000101. The van der Waals surface area contributed by atoms with Gasteiger partial charge in [0.25, 0.3) is 0 Å². The van der Waals surface area contributed by atoms with Crippen molar-refractivity contribution in [2.24, 2.45) is 0 Å². The van der Waals surface area contributed by atoms with E-state index < -0.39 is 0 Å². The van der Waals surface area contributed by atoms with Gasteiger partial charge in [-0.15, -0.1) is 0 Å². The molecule has 1 aliphatic rings. The van der Waals surface area contributed by atoms with Crippen LogP contribution in [0.3, 0.4) is 0 Å². The van der Waals surface area contributed by atoms with Gasteiger partial charge in [0.15, 0.2) is 0 Å². The average molecular weight is 506 g/mol. The van der Waals surface area contributed by atoms with Crippen LogP contribution in [0.5, 0.6) is 5.75 Å². The van der Waals surface area contributed by atoms with Gasteiger partial charge in [-0.2, -0.15) is 0 Å². The quantitative estimate of drug-likeness (QED) is 0.253. The van der Waals surface area contributed by atoms with Gasteiger partial charge in [0, 0.05) is 9.34 Å². The second-order valence-electron chi connectivity index (χ2n) is 8.14. The van der Waals surface area contributed by atoms with Crippen LogP contribution in [0.2, 0.25) is 0 Å². The lowest BCUT2D eigenvalue weighted by Crippen LogP contribution is -2.25. The maximum Gasteiger partial charge on any atom is 0.119 e. The zero-order valence-electron chi connectivity index (χ0n) is 17.7. The van der Waals surface area contributed by atoms with Crippen LogP contribution in [0.1, 0.15) is 42.9 Å². The van der Waals surface area contributed by atoms with Crippen LogP contribution in [-0.4, -0.2) is 10.5 Å². The summed E-state index contributed by atoms with van der Waals surface area (Å²) in [5.41, 5.74) is 8.13. The van der Waals surface area contributed by atoms with Crippen LogP contribution in [0.15, 0.2) is 102 Å². The number of hydrogen-bond donors (Lipinski definition) is 0. The van der Waals surface area contributed by atoms with Gasteiger partial charge >= 0.3 is 0 Å². The highest BCUT2D eigenvalue weighted by molar-refractivity contribution is 14.1. The normalized spacial score (nSPS) is 19.0. The first-order valence-electron chi connectivity index (χ1n) is 10.3. The van der Waals surface area contributed by atoms with Crippen molar-refractivity contribution in [2.75, 3.05) is 7.11 Å². The minimum Gasteiger partial charge on any atom is -0.497 e. The Hall–Kier alpha value is -2.33. The monoisotopic (exact) mass is 506 g/mol. The molecule has 0 heterocycles. The molecule has 0 radical (unpaired) electrons. The van der Waals surface area contributed by atoms with Crippen LogP contribution in [0.4, 0.5) is 0 Å². The molecule has 30 heavy (non-hydrogen) atoms. The third-order valence-electron chi connectivity index (χ3n) is 5.85. The highest BCUT2D eigenvalue weighted by atomic mass is 127. The maximum atomic E-state index is 5.48. The number of hydrogen-bond acceptors (Lipinski definition) is 1. The summed E-state index contributed by atoms with van der Waals surface area (Å²) in [6.45, 7) is 4.60. The topological polar surface area (TPSA) is 9.23 Å². The summed E-state index contributed by atoms with van der Waals surface area (Å²) in [7, 11) is 1.73. The van der Waals surface area contributed by atoms with E-state index in [1.165, 1.54) is 33.4 Å². The number of ether oxygens (including phenoxy) is 1. The Labute approximate surface area is 193 Å². The van der Waals surface area contributed by atoms with E-state index in [4.69, 9.17) is 4.74 Å². The van der Waals surface area contributed by atoms with E-state index in [0.717, 1.165) is 12.2 Å². The lowest BCUT2D eigenvalue weighted by molar-refractivity contribution is 0.414. The second-order valence-corrected chi connectivity index (χ2v) is 10.5. The van der Waals surface area contributed by atoms with Crippen molar-refractivity contribution in [1.29, 1.82) is 0 Å². The number of alkyl halides is 1. The molecule has 1 nitrogen and oxygen atoms in total. The fourth-order valence-electron chi connectivity index (χ4n) is 4.69. The zero-order valence-corrected chi connectivity index (χ0v) is 19.9. The van der Waals surface area contributed by atoms with Gasteiger partial charge in [-0.1, -0.05) is 107 Å². The highest BCUT2D eigenvalue weighted by Crippen LogP contribution is 2.50. The predicted molar refractivity (Wildman–Crippen MR) is 135 cm³/mol. The number of benzene rings is 3. The SMILES string of the molecule is COc1cccc(C2=C(C)C=C(C(c3ccccc3)c3ccccc3)CC2(C)I)c1. The molecule has 4 rings (SSSR count). The Morgan fingerprint density at radius 3 is 2.00 bits per heavy atom. The molecule has 0 saturated heterocycles. The van der Waals surface area contributed by atoms with Crippen LogP contribution in [0.25, 0.3) is 5.57 Å². The average Bonchev–Trinajstić information content (AvgIpc) is 2.74. The Kier molecular flexibility index (Phi) is 6.14. The molecule has 1 aliphatic carbocycles. The van der Waals surface area contributed by atoms with Crippen molar-refractivity contribution in [3.8, 4) is 5.75 Å². The van der Waals surface area contributed by atoms with Crippen LogP contribution in [0, 0.1) is 0 Å². The molecule has 1 atom stereocenters. The van der Waals surface area contributed by atoms with Crippen molar-refractivity contribution in [2.45, 2.75) is 29.6 Å². The molecule has 0 fully saturated rings. The molecule has 0 spiro atoms. The summed E-state index contributed by atoms with van der Waals surface area (Å²) in [5.74, 6) is 1.17. The van der Waals surface area contributed by atoms with Gasteiger partial charge in [0.1, 0.15) is 5.75 Å². The Balaban J connectivity index is 1.85. The van der Waals surface area contributed by atoms with Gasteiger partial charge < -0.3 is 4.74 Å². The first-order valence-corrected chi connectivity index (χ1v) is 11.4. The standard InChI is InChI=1S/C28H27IO/c1-20-17-24(19-28(2,29)27(20)23-15-10-16-25(18-23)30-3)26(21-11-6-4-7-12-21)22-13-8-5-9-14-22/h4-18,26H,19H2,1-3H3. The summed E-state index contributed by atoms with van der Waals surface area (Å²) in [6, 6.07) is 30.2. The molecule has 0 N–H and O–H groups in total. The lowest BCUT2D eigenvalue weighted by Gasteiger charge is -2.36. The third kappa shape index (κ3) is 4.24. The second kappa shape index (κ2) is 8.81. The summed E-state index contributed by atoms with van der Waals surface area (Å²) >= 11 is 2.64. The third-order valence-corrected chi connectivity index (χ3v) is 6.77. The summed E-state index contributed by atoms with van der Waals surface area (Å²) in [4.78, 5) is 0. The van der Waals surface area contributed by atoms with E-state index in [2.05, 4.69) is 121 Å². The number of rotatable bonds is 5. The largest absolute Gasteiger partial charge is 0.497 e. The Morgan fingerprint density at radius 2 is 1.47 bits per heavy atom. The van der Waals surface area contributed by atoms with Gasteiger partial charge in [-0.25, -0.2) is 0 Å². The molecule has 0 saturated carbocycles. The first-order chi connectivity index (χ1) is 14.5. The predicted octanol–water partition coefficient (Wildman–Crippen LogP) is 7.82. The Morgan fingerprint density at radius 1 is 0.867 bits per heavy atom. The van der Waals surface area contributed by atoms with E-state index in [0.29, 0.717) is 0 Å². The molecular weight excluding hydrogens is 479 g/mol. The van der Waals surface area contributed by atoms with Gasteiger partial charge in [-0.05, 0) is 60.2 Å². The zero-order chi connectivity index (χ0) is 21.1. The van der Waals surface area contributed by atoms with E-state index in [-0.39, 0.29) is 9.34 Å². The van der Waals surface area contributed by atoms with Gasteiger partial charge in [0.2, 0.25) is 0 Å². The van der Waals surface area contributed by atoms with Crippen molar-refractivity contribution < 1.29 is 4.74 Å². The molecule has 3 aromatic rings. The molecule has 0 amide bonds. The van der Waals surface area contributed by atoms with E-state index in [1.807, 2.05) is 6.07 Å². The summed E-state index contributed by atoms with van der Waals surface area (Å²) in [6.07, 6.45) is 3.42. The number of allylic oxidation sites excluding steroid dienone is 4. The molecule has 0 aromatic heterocycles. The smallest absolute Gasteiger partial charge is 0.119 e. The van der Waals surface area contributed by atoms with Gasteiger partial charge in [0.05, 0.1) is 7.11 Å². The fourth-order valence-corrected chi connectivity index (χ4v) is 5.87. The lowest BCUT2D eigenvalue weighted by atomic mass is 9.74. The van der Waals surface area contributed by atoms with Crippen LogP contribution < -0.4 is 4.74 Å². The van der Waals surface area contributed by atoms with E-state index in [1.54, 1.807) is 7.11 Å². The maximum absolute atomic E-state index is 5.48. The van der Waals surface area contributed by atoms with Crippen LogP contribution >= 0.6 is 22.6 Å². The molecule has 1 unspecified atom stereocenters. The van der Waals surface area contributed by atoms with E-state index in [9.17, 15) is 0 Å². The number of halogens is 1. The Bertz CT molecular complexity index is 1040. The highest BCUT2D eigenvalue weighted by Gasteiger charge is 2.35. The number of methoxy groups -OCH3 is 1. The summed E-state index contributed by atoms with van der Waals surface area (Å²) in [5, 5.41) is 0. The molecule has 0 aliphatic heterocycles. The summed E-state index contributed by atoms with van der Waals surface area (Å²) < 4.78 is 5.48.